The molecule has 0 spiro atoms. The first kappa shape index (κ1) is 9.26. The first-order valence-electron chi connectivity index (χ1n) is 3.79. The van der Waals surface area contributed by atoms with Crippen molar-refractivity contribution in [3.05, 3.63) is 0 Å². The van der Waals surface area contributed by atoms with Crippen molar-refractivity contribution in [1.82, 2.24) is 0 Å². The highest BCUT2D eigenvalue weighted by atomic mass is 33.1. The minimum atomic E-state index is -0.666. The first-order chi connectivity index (χ1) is 5.29. The van der Waals surface area contributed by atoms with Gasteiger partial charge in [0.15, 0.2) is 0 Å². The van der Waals surface area contributed by atoms with E-state index in [9.17, 15) is 4.79 Å². The molecule has 2 nitrogen and oxygen atoms in total. The van der Waals surface area contributed by atoms with Crippen molar-refractivity contribution < 1.29 is 9.90 Å². The van der Waals surface area contributed by atoms with Crippen molar-refractivity contribution in [1.29, 1.82) is 0 Å². The highest BCUT2D eigenvalue weighted by molar-refractivity contribution is 8.79. The average Bonchev–Trinajstić information content (AvgIpc) is 1.82. The molecule has 0 aromatic rings. The van der Waals surface area contributed by atoms with Crippen molar-refractivity contribution in [3.8, 4) is 0 Å². The van der Waals surface area contributed by atoms with Crippen LogP contribution < -0.4 is 0 Å². The Bertz CT molecular complexity index is 134. The summed E-state index contributed by atoms with van der Waals surface area (Å²) in [6, 6.07) is 0. The van der Waals surface area contributed by atoms with E-state index in [1.807, 2.05) is 21.6 Å². The summed E-state index contributed by atoms with van der Waals surface area (Å²) in [5.41, 5.74) is 0. The van der Waals surface area contributed by atoms with Gasteiger partial charge >= 0.3 is 5.97 Å². The molecule has 0 aromatic heterocycles. The third-order valence-corrected chi connectivity index (χ3v) is 4.82. The van der Waals surface area contributed by atoms with Crippen molar-refractivity contribution in [2.24, 2.45) is 0 Å². The van der Waals surface area contributed by atoms with Gasteiger partial charge in [-0.25, -0.2) is 0 Å². The van der Waals surface area contributed by atoms with Crippen LogP contribution in [0.5, 0.6) is 0 Å². The topological polar surface area (TPSA) is 37.3 Å². The van der Waals surface area contributed by atoms with Crippen LogP contribution in [0.3, 0.4) is 0 Å². The van der Waals surface area contributed by atoms with Crippen molar-refractivity contribution in [2.45, 2.75) is 30.9 Å². The zero-order chi connectivity index (χ0) is 8.10. The molecule has 11 heavy (non-hydrogen) atoms. The molecule has 0 aliphatic carbocycles. The number of hydrogen-bond donors (Lipinski definition) is 1. The fraction of sp³-hybridized carbons (Fsp3) is 0.857. The maximum atomic E-state index is 10.1. The summed E-state index contributed by atoms with van der Waals surface area (Å²) in [5, 5.41) is 9.15. The Hall–Kier alpha value is 0.170. The number of unbranched alkanes of at least 4 members (excludes halogenated alkanes) is 1. The third-order valence-electron chi connectivity index (χ3n) is 1.62. The van der Waals surface area contributed by atoms with Crippen LogP contribution in [0.2, 0.25) is 0 Å². The van der Waals surface area contributed by atoms with Gasteiger partial charge in [0, 0.05) is 17.4 Å². The number of rotatable bonds is 5. The van der Waals surface area contributed by atoms with E-state index in [1.165, 1.54) is 12.2 Å². The highest BCUT2D eigenvalue weighted by Gasteiger charge is 2.18. The standard InChI is InChI=1S/C7H12O2S2/c8-7(9)4-2-1-3-6-5-10-11-6/h6H,1-5H2,(H,8,9)/t6-/m0/s1. The molecule has 1 N–H and O–H groups in total. The first-order valence-corrected chi connectivity index (χ1v) is 6.17. The molecule has 0 radical (unpaired) electrons. The molecular weight excluding hydrogens is 180 g/mol. The van der Waals surface area contributed by atoms with Crippen molar-refractivity contribution in [3.63, 3.8) is 0 Å². The summed E-state index contributed by atoms with van der Waals surface area (Å²) in [7, 11) is 3.84. The zero-order valence-corrected chi connectivity index (χ0v) is 7.92. The normalized spacial score (nSPS) is 22.7. The Morgan fingerprint density at radius 2 is 2.27 bits per heavy atom. The summed E-state index contributed by atoms with van der Waals surface area (Å²) in [4.78, 5) is 10.1. The molecule has 1 saturated heterocycles. The minimum Gasteiger partial charge on any atom is -0.481 e. The Balaban J connectivity index is 1.83. The van der Waals surface area contributed by atoms with Gasteiger partial charge in [-0.05, 0) is 12.8 Å². The molecule has 1 heterocycles. The lowest BCUT2D eigenvalue weighted by atomic mass is 10.1. The average molecular weight is 192 g/mol. The minimum absolute atomic E-state index is 0.338. The predicted molar refractivity (Wildman–Crippen MR) is 49.9 cm³/mol. The smallest absolute Gasteiger partial charge is 0.303 e. The second kappa shape index (κ2) is 4.93. The maximum absolute atomic E-state index is 10.1. The van der Waals surface area contributed by atoms with Gasteiger partial charge in [-0.1, -0.05) is 28.0 Å². The second-order valence-corrected chi connectivity index (χ2v) is 5.35. The van der Waals surface area contributed by atoms with Gasteiger partial charge in [-0.3, -0.25) is 4.79 Å². The molecule has 4 heteroatoms. The predicted octanol–water partition coefficient (Wildman–Crippen LogP) is 2.40. The van der Waals surface area contributed by atoms with Crippen LogP contribution in [0, 0.1) is 0 Å². The van der Waals surface area contributed by atoms with Crippen LogP contribution in [0.25, 0.3) is 0 Å². The number of carboxylic acid groups (broad SMARTS) is 1. The van der Waals surface area contributed by atoms with Crippen LogP contribution in [-0.4, -0.2) is 22.1 Å². The maximum Gasteiger partial charge on any atom is 0.303 e. The lowest BCUT2D eigenvalue weighted by Gasteiger charge is -2.22. The SMILES string of the molecule is O=C(O)CCCC[C@H]1CSS1. The number of hydrogen-bond acceptors (Lipinski definition) is 3. The van der Waals surface area contributed by atoms with E-state index >= 15 is 0 Å². The van der Waals surface area contributed by atoms with Gasteiger partial charge < -0.3 is 5.11 Å². The molecule has 0 amide bonds. The van der Waals surface area contributed by atoms with Crippen LogP contribution in [0.4, 0.5) is 0 Å². The molecule has 0 aromatic carbocycles. The highest BCUT2D eigenvalue weighted by Crippen LogP contribution is 2.42. The van der Waals surface area contributed by atoms with Gasteiger partial charge in [0.1, 0.15) is 0 Å². The zero-order valence-electron chi connectivity index (χ0n) is 6.28. The largest absolute Gasteiger partial charge is 0.481 e. The molecule has 1 aliphatic rings. The molecule has 1 atom stereocenters. The Morgan fingerprint density at radius 1 is 1.55 bits per heavy atom. The summed E-state index contributed by atoms with van der Waals surface area (Å²) in [6.07, 6.45) is 3.46. The second-order valence-electron chi connectivity index (χ2n) is 2.64. The van der Waals surface area contributed by atoms with Crippen LogP contribution >= 0.6 is 21.6 Å². The van der Waals surface area contributed by atoms with Gasteiger partial charge in [-0.15, -0.1) is 0 Å². The molecule has 0 unspecified atom stereocenters. The van der Waals surface area contributed by atoms with E-state index in [1.54, 1.807) is 0 Å². The summed E-state index contributed by atoms with van der Waals surface area (Å²) >= 11 is 0. The van der Waals surface area contributed by atoms with E-state index in [0.717, 1.165) is 18.1 Å². The third kappa shape index (κ3) is 3.91. The fourth-order valence-corrected chi connectivity index (χ4v) is 2.98. The summed E-state index contributed by atoms with van der Waals surface area (Å²) in [5.74, 6) is 0.596. The molecular formula is C7H12O2S2. The van der Waals surface area contributed by atoms with E-state index in [2.05, 4.69) is 0 Å². The fourth-order valence-electron chi connectivity index (χ4n) is 0.944. The van der Waals surface area contributed by atoms with Gasteiger partial charge in [0.05, 0.1) is 0 Å². The van der Waals surface area contributed by atoms with E-state index < -0.39 is 5.97 Å². The van der Waals surface area contributed by atoms with Crippen LogP contribution in [-0.2, 0) is 4.79 Å². The van der Waals surface area contributed by atoms with E-state index in [0.29, 0.717) is 6.42 Å². The van der Waals surface area contributed by atoms with Gasteiger partial charge in [0.2, 0.25) is 0 Å². The molecule has 0 saturated carbocycles. The molecule has 1 aliphatic heterocycles. The molecule has 0 bridgehead atoms. The summed E-state index contributed by atoms with van der Waals surface area (Å²) in [6.45, 7) is 0. The number of aliphatic carboxylic acids is 1. The van der Waals surface area contributed by atoms with Crippen LogP contribution in [0.1, 0.15) is 25.7 Å². The van der Waals surface area contributed by atoms with Crippen molar-refractivity contribution >= 4 is 27.6 Å². The van der Waals surface area contributed by atoms with Gasteiger partial charge in [-0.2, -0.15) is 0 Å². The quantitative estimate of drug-likeness (QED) is 0.536. The lowest BCUT2D eigenvalue weighted by Crippen LogP contribution is -2.12. The monoisotopic (exact) mass is 192 g/mol. The Labute approximate surface area is 74.5 Å². The van der Waals surface area contributed by atoms with E-state index in [-0.39, 0.29) is 0 Å². The summed E-state index contributed by atoms with van der Waals surface area (Å²) < 4.78 is 0. The molecule has 64 valence electrons. The number of carbonyl (C=O) groups is 1. The van der Waals surface area contributed by atoms with Gasteiger partial charge in [0.25, 0.3) is 0 Å². The molecule has 1 rings (SSSR count). The van der Waals surface area contributed by atoms with Crippen LogP contribution in [0.15, 0.2) is 0 Å². The van der Waals surface area contributed by atoms with Crippen molar-refractivity contribution in [2.75, 3.05) is 5.75 Å². The lowest BCUT2D eigenvalue weighted by molar-refractivity contribution is -0.137. The number of carboxylic acids is 1. The Morgan fingerprint density at radius 3 is 2.73 bits per heavy atom. The Kier molecular flexibility index (Phi) is 4.15. The molecule has 1 fully saturated rings. The van der Waals surface area contributed by atoms with E-state index in [4.69, 9.17) is 5.11 Å².